The number of benzene rings is 3. The zero-order valence-electron chi connectivity index (χ0n) is 15.4. The molecule has 0 unspecified atom stereocenters. The van der Waals surface area contributed by atoms with Crippen LogP contribution in [-0.2, 0) is 16.4 Å². The van der Waals surface area contributed by atoms with E-state index in [1.165, 1.54) is 0 Å². The highest BCUT2D eigenvalue weighted by molar-refractivity contribution is 7.92. The summed E-state index contributed by atoms with van der Waals surface area (Å²) in [5, 5.41) is 0. The van der Waals surface area contributed by atoms with E-state index in [1.54, 1.807) is 12.1 Å². The number of hydrogen-bond acceptors (Lipinski definition) is 3. The van der Waals surface area contributed by atoms with Gasteiger partial charge in [0.15, 0.2) is 0 Å². The van der Waals surface area contributed by atoms with Gasteiger partial charge in [0, 0.05) is 24.1 Å². The molecule has 0 saturated heterocycles. The predicted octanol–water partition coefficient (Wildman–Crippen LogP) is 4.83. The van der Waals surface area contributed by atoms with Crippen molar-refractivity contribution < 1.29 is 8.42 Å². The molecule has 0 aliphatic heterocycles. The predicted molar refractivity (Wildman–Crippen MR) is 113 cm³/mol. The highest BCUT2D eigenvalue weighted by Gasteiger charge is 2.11. The molecule has 3 aromatic rings. The van der Waals surface area contributed by atoms with Gasteiger partial charge in [-0.15, -0.1) is 0 Å². The monoisotopic (exact) mass is 380 g/mol. The third-order valence-corrected chi connectivity index (χ3v) is 5.77. The van der Waals surface area contributed by atoms with E-state index in [9.17, 15) is 8.42 Å². The number of sulfonamides is 1. The zero-order chi connectivity index (χ0) is 19.1. The topological polar surface area (TPSA) is 49.4 Å². The minimum Gasteiger partial charge on any atom is -0.345 e. The quantitative estimate of drug-likeness (QED) is 0.609. The van der Waals surface area contributed by atoms with Gasteiger partial charge in [0.25, 0.3) is 0 Å². The number of nitrogens with one attached hydrogen (secondary N) is 1. The van der Waals surface area contributed by atoms with Gasteiger partial charge in [-0.3, -0.25) is 4.72 Å². The van der Waals surface area contributed by atoms with Crippen LogP contribution in [0.25, 0.3) is 0 Å². The Labute approximate surface area is 161 Å². The van der Waals surface area contributed by atoms with Gasteiger partial charge in [-0.05, 0) is 54.8 Å². The van der Waals surface area contributed by atoms with E-state index in [-0.39, 0.29) is 5.75 Å². The molecule has 27 heavy (non-hydrogen) atoms. The van der Waals surface area contributed by atoms with Gasteiger partial charge in [-0.2, -0.15) is 0 Å². The Morgan fingerprint density at radius 2 is 1.33 bits per heavy atom. The number of rotatable bonds is 8. The minimum atomic E-state index is -3.35. The van der Waals surface area contributed by atoms with Crippen LogP contribution in [-0.4, -0.2) is 21.2 Å². The first-order chi connectivity index (χ1) is 13.0. The highest BCUT2D eigenvalue weighted by atomic mass is 32.2. The molecule has 3 rings (SSSR count). The second kappa shape index (κ2) is 8.73. The first-order valence-corrected chi connectivity index (χ1v) is 10.6. The zero-order valence-corrected chi connectivity index (χ0v) is 16.2. The Morgan fingerprint density at radius 1 is 0.778 bits per heavy atom. The van der Waals surface area contributed by atoms with Crippen molar-refractivity contribution in [3.8, 4) is 0 Å². The lowest BCUT2D eigenvalue weighted by Gasteiger charge is -2.19. The van der Waals surface area contributed by atoms with Crippen molar-refractivity contribution in [1.82, 2.24) is 0 Å². The van der Waals surface area contributed by atoms with Crippen LogP contribution in [0.3, 0.4) is 0 Å². The lowest BCUT2D eigenvalue weighted by atomic mass is 10.1. The summed E-state index contributed by atoms with van der Waals surface area (Å²) < 4.78 is 27.3. The lowest BCUT2D eigenvalue weighted by Crippen LogP contribution is -2.17. The normalized spacial score (nSPS) is 11.1. The van der Waals surface area contributed by atoms with Gasteiger partial charge >= 0.3 is 0 Å². The van der Waals surface area contributed by atoms with E-state index in [2.05, 4.69) is 9.62 Å². The maximum atomic E-state index is 12.3. The summed E-state index contributed by atoms with van der Waals surface area (Å²) in [6.45, 7) is 0. The molecule has 0 saturated carbocycles. The fourth-order valence-electron chi connectivity index (χ4n) is 2.90. The second-order valence-corrected chi connectivity index (χ2v) is 8.29. The minimum absolute atomic E-state index is 0.105. The van der Waals surface area contributed by atoms with E-state index in [4.69, 9.17) is 0 Å². The van der Waals surface area contributed by atoms with E-state index >= 15 is 0 Å². The largest absolute Gasteiger partial charge is 0.345 e. The summed E-state index contributed by atoms with van der Waals surface area (Å²) in [5.41, 5.74) is 3.81. The second-order valence-electron chi connectivity index (χ2n) is 6.45. The van der Waals surface area contributed by atoms with E-state index < -0.39 is 10.0 Å². The first kappa shape index (κ1) is 19.0. The van der Waals surface area contributed by atoms with Crippen LogP contribution in [0.5, 0.6) is 0 Å². The van der Waals surface area contributed by atoms with Crippen molar-refractivity contribution in [1.29, 1.82) is 0 Å². The third kappa shape index (κ3) is 5.59. The summed E-state index contributed by atoms with van der Waals surface area (Å²) >= 11 is 0. The van der Waals surface area contributed by atoms with Crippen molar-refractivity contribution in [3.05, 3.63) is 90.5 Å². The molecule has 0 heterocycles. The van der Waals surface area contributed by atoms with Crippen molar-refractivity contribution in [3.63, 3.8) is 0 Å². The first-order valence-electron chi connectivity index (χ1n) is 8.97. The fourth-order valence-corrected chi connectivity index (χ4v) is 4.02. The molecule has 1 N–H and O–H groups in total. The summed E-state index contributed by atoms with van der Waals surface area (Å²) in [7, 11) is -1.37. The molecule has 0 atom stereocenters. The molecule has 140 valence electrons. The van der Waals surface area contributed by atoms with E-state index in [1.807, 2.05) is 79.8 Å². The van der Waals surface area contributed by atoms with Crippen molar-refractivity contribution in [2.75, 3.05) is 22.4 Å². The molecule has 0 spiro atoms. The van der Waals surface area contributed by atoms with Crippen molar-refractivity contribution in [2.45, 2.75) is 12.8 Å². The maximum absolute atomic E-state index is 12.3. The van der Waals surface area contributed by atoms with Gasteiger partial charge in [0.2, 0.25) is 10.0 Å². The van der Waals surface area contributed by atoms with Gasteiger partial charge in [-0.25, -0.2) is 8.42 Å². The molecule has 0 amide bonds. The number of aryl methyl sites for hydroxylation is 1. The van der Waals surface area contributed by atoms with Crippen LogP contribution in [0, 0.1) is 0 Å². The van der Waals surface area contributed by atoms with Gasteiger partial charge in [0.05, 0.1) is 5.75 Å². The van der Waals surface area contributed by atoms with Gasteiger partial charge in [-0.1, -0.05) is 48.5 Å². The number of hydrogen-bond donors (Lipinski definition) is 1. The van der Waals surface area contributed by atoms with Crippen LogP contribution in [0.4, 0.5) is 17.1 Å². The Morgan fingerprint density at radius 3 is 1.96 bits per heavy atom. The molecule has 0 bridgehead atoms. The Balaban J connectivity index is 1.57. The average Bonchev–Trinajstić information content (AvgIpc) is 2.69. The van der Waals surface area contributed by atoms with Crippen LogP contribution >= 0.6 is 0 Å². The molecule has 0 fully saturated rings. The molecular weight excluding hydrogens is 356 g/mol. The summed E-state index contributed by atoms with van der Waals surface area (Å²) in [5.74, 6) is 0.105. The Bertz CT molecular complexity index is 941. The molecule has 5 heteroatoms. The molecule has 0 aromatic heterocycles. The van der Waals surface area contributed by atoms with Crippen LogP contribution in [0.1, 0.15) is 12.0 Å². The maximum Gasteiger partial charge on any atom is 0.232 e. The van der Waals surface area contributed by atoms with Crippen molar-refractivity contribution in [2.24, 2.45) is 0 Å². The van der Waals surface area contributed by atoms with Crippen LogP contribution in [0.2, 0.25) is 0 Å². The third-order valence-electron chi connectivity index (χ3n) is 4.39. The molecule has 4 nitrogen and oxygen atoms in total. The summed E-state index contributed by atoms with van der Waals surface area (Å²) in [6, 6.07) is 27.4. The smallest absolute Gasteiger partial charge is 0.232 e. The standard InChI is InChI=1S/C22H24N2O2S/c1-24(21-12-6-3-7-13-21)22-16-14-20(15-17-22)23-27(25,26)18-8-11-19-9-4-2-5-10-19/h2-7,9-10,12-17,23H,8,11,18H2,1H3. The molecule has 0 radical (unpaired) electrons. The fraction of sp³-hybridized carbons (Fsp3) is 0.182. The Hall–Kier alpha value is -2.79. The molecule has 3 aromatic carbocycles. The molecule has 0 aliphatic rings. The van der Waals surface area contributed by atoms with Gasteiger partial charge in [0.1, 0.15) is 0 Å². The van der Waals surface area contributed by atoms with E-state index in [0.29, 0.717) is 12.1 Å². The van der Waals surface area contributed by atoms with E-state index in [0.717, 1.165) is 23.4 Å². The summed E-state index contributed by atoms with van der Waals surface area (Å²) in [6.07, 6.45) is 1.34. The Kier molecular flexibility index (Phi) is 6.14. The highest BCUT2D eigenvalue weighted by Crippen LogP contribution is 2.24. The van der Waals surface area contributed by atoms with Crippen LogP contribution in [0.15, 0.2) is 84.9 Å². The van der Waals surface area contributed by atoms with Gasteiger partial charge < -0.3 is 4.90 Å². The number of para-hydroxylation sites is 1. The number of anilines is 3. The SMILES string of the molecule is CN(c1ccccc1)c1ccc(NS(=O)(=O)CCCc2ccccc2)cc1. The summed E-state index contributed by atoms with van der Waals surface area (Å²) in [4.78, 5) is 2.05. The van der Waals surface area contributed by atoms with Crippen LogP contribution < -0.4 is 9.62 Å². The molecular formula is C22H24N2O2S. The number of nitrogens with zero attached hydrogens (tertiary/aromatic N) is 1. The lowest BCUT2D eigenvalue weighted by molar-refractivity contribution is 0.598. The van der Waals surface area contributed by atoms with Crippen molar-refractivity contribution >= 4 is 27.1 Å². The average molecular weight is 381 g/mol. The molecule has 0 aliphatic carbocycles.